The number of rotatable bonds is 4. The molecule has 0 saturated carbocycles. The van der Waals surface area contributed by atoms with Gasteiger partial charge in [0.05, 0.1) is 6.10 Å². The summed E-state index contributed by atoms with van der Waals surface area (Å²) >= 11 is 0. The van der Waals surface area contributed by atoms with E-state index in [1.54, 1.807) is 0 Å². The number of likely N-dealkylation sites (tertiary alicyclic amines) is 1. The zero-order valence-corrected chi connectivity index (χ0v) is 10.8. The number of β-amino-alcohol motifs (C(OH)–C–C–N with tert-alkyl or cyclic N) is 1. The number of halogens is 2. The zero-order valence-electron chi connectivity index (χ0n) is 10.8. The summed E-state index contributed by atoms with van der Waals surface area (Å²) in [6, 6.07) is 3.96. The van der Waals surface area contributed by atoms with Crippen LogP contribution in [0, 0.1) is 0 Å². The Hall–Kier alpha value is -2.22. The number of ether oxygens (including phenoxy) is 1. The smallest absolute Gasteiger partial charge is 0.387 e. The van der Waals surface area contributed by atoms with Crippen molar-refractivity contribution in [3.8, 4) is 5.75 Å². The van der Waals surface area contributed by atoms with E-state index in [0.717, 1.165) is 11.0 Å². The average molecular weight is 301 g/mol. The molecule has 2 atom stereocenters. The first-order valence-electron chi connectivity index (χ1n) is 6.15. The van der Waals surface area contributed by atoms with Crippen molar-refractivity contribution in [1.82, 2.24) is 4.90 Å². The molecule has 1 aromatic rings. The predicted molar refractivity (Wildman–Crippen MR) is 66.2 cm³/mol. The van der Waals surface area contributed by atoms with Gasteiger partial charge in [-0.25, -0.2) is 4.79 Å². The molecule has 1 aliphatic rings. The number of carboxylic acid groups (broad SMARTS) is 1. The quantitative estimate of drug-likeness (QED) is 0.864. The van der Waals surface area contributed by atoms with Gasteiger partial charge in [-0.2, -0.15) is 8.78 Å². The van der Waals surface area contributed by atoms with E-state index in [0.29, 0.717) is 0 Å². The number of hydrogen-bond acceptors (Lipinski definition) is 4. The van der Waals surface area contributed by atoms with Gasteiger partial charge in [-0.05, 0) is 18.2 Å². The van der Waals surface area contributed by atoms with Gasteiger partial charge < -0.3 is 19.8 Å². The van der Waals surface area contributed by atoms with Crippen molar-refractivity contribution in [3.05, 3.63) is 29.8 Å². The molecule has 0 spiro atoms. The molecule has 2 unspecified atom stereocenters. The fraction of sp³-hybridized carbons (Fsp3) is 0.385. The second-order valence-electron chi connectivity index (χ2n) is 4.61. The summed E-state index contributed by atoms with van der Waals surface area (Å²) in [5.74, 6) is -2.07. The minimum atomic E-state index is -3.02. The molecule has 1 aromatic carbocycles. The molecule has 1 heterocycles. The van der Waals surface area contributed by atoms with Crippen LogP contribution in [0.3, 0.4) is 0 Å². The van der Waals surface area contributed by atoms with Crippen LogP contribution in [0.1, 0.15) is 16.8 Å². The summed E-state index contributed by atoms with van der Waals surface area (Å²) in [5.41, 5.74) is 0.0218. The largest absolute Gasteiger partial charge is 0.480 e. The Bertz CT molecular complexity index is 551. The van der Waals surface area contributed by atoms with Gasteiger partial charge in [-0.3, -0.25) is 4.79 Å². The first-order chi connectivity index (χ1) is 9.88. The third kappa shape index (κ3) is 3.46. The highest BCUT2D eigenvalue weighted by Gasteiger charge is 2.39. The number of carboxylic acids is 1. The third-order valence-corrected chi connectivity index (χ3v) is 3.13. The van der Waals surface area contributed by atoms with E-state index in [-0.39, 0.29) is 24.3 Å². The van der Waals surface area contributed by atoms with E-state index in [9.17, 15) is 23.5 Å². The Morgan fingerprint density at radius 2 is 2.10 bits per heavy atom. The number of benzene rings is 1. The first kappa shape index (κ1) is 15.2. The molecule has 0 bridgehead atoms. The van der Waals surface area contributed by atoms with Crippen LogP contribution < -0.4 is 4.74 Å². The second kappa shape index (κ2) is 6.04. The molecule has 1 fully saturated rings. The molecular formula is C13H13F2NO5. The SMILES string of the molecule is O=C(O)C1CC(O)CN1C(=O)c1cccc(OC(F)F)c1. The number of nitrogens with zero attached hydrogens (tertiary/aromatic N) is 1. The fourth-order valence-corrected chi connectivity index (χ4v) is 2.24. The summed E-state index contributed by atoms with van der Waals surface area (Å²) in [4.78, 5) is 24.3. The molecule has 1 aliphatic heterocycles. The Morgan fingerprint density at radius 3 is 2.71 bits per heavy atom. The highest BCUT2D eigenvalue weighted by Crippen LogP contribution is 2.23. The second-order valence-corrected chi connectivity index (χ2v) is 4.61. The van der Waals surface area contributed by atoms with Crippen molar-refractivity contribution in [3.63, 3.8) is 0 Å². The van der Waals surface area contributed by atoms with Crippen LogP contribution in [-0.4, -0.2) is 52.3 Å². The normalized spacial score (nSPS) is 21.6. The maximum atomic E-state index is 12.3. The molecule has 0 aromatic heterocycles. The Kier molecular flexibility index (Phi) is 4.37. The summed E-state index contributed by atoms with van der Waals surface area (Å²) in [5, 5.41) is 18.5. The van der Waals surface area contributed by atoms with Gasteiger partial charge in [0.1, 0.15) is 11.8 Å². The maximum absolute atomic E-state index is 12.3. The molecular weight excluding hydrogens is 288 g/mol. The van der Waals surface area contributed by atoms with Crippen LogP contribution in [-0.2, 0) is 4.79 Å². The highest BCUT2D eigenvalue weighted by molar-refractivity contribution is 5.97. The molecule has 8 heteroatoms. The van der Waals surface area contributed by atoms with Crippen molar-refractivity contribution >= 4 is 11.9 Å². The molecule has 1 saturated heterocycles. The molecule has 2 N–H and O–H groups in total. The lowest BCUT2D eigenvalue weighted by atomic mass is 10.1. The number of carbonyl (C=O) groups excluding carboxylic acids is 1. The van der Waals surface area contributed by atoms with Crippen LogP contribution in [0.5, 0.6) is 5.75 Å². The predicted octanol–water partition coefficient (Wildman–Crippen LogP) is 0.948. The lowest BCUT2D eigenvalue weighted by molar-refractivity contribution is -0.141. The van der Waals surface area contributed by atoms with Crippen molar-refractivity contribution in [2.24, 2.45) is 0 Å². The monoisotopic (exact) mass is 301 g/mol. The topological polar surface area (TPSA) is 87.1 Å². The van der Waals surface area contributed by atoms with Gasteiger partial charge in [-0.1, -0.05) is 6.07 Å². The maximum Gasteiger partial charge on any atom is 0.387 e. The number of aliphatic carboxylic acids is 1. The molecule has 0 radical (unpaired) electrons. The van der Waals surface area contributed by atoms with Crippen molar-refractivity contribution in [1.29, 1.82) is 0 Å². The third-order valence-electron chi connectivity index (χ3n) is 3.13. The van der Waals surface area contributed by atoms with Gasteiger partial charge >= 0.3 is 12.6 Å². The van der Waals surface area contributed by atoms with Crippen molar-refractivity contribution in [2.75, 3.05) is 6.54 Å². The zero-order chi connectivity index (χ0) is 15.6. The van der Waals surface area contributed by atoms with E-state index >= 15 is 0 Å². The number of carbonyl (C=O) groups is 2. The molecule has 114 valence electrons. The molecule has 2 rings (SSSR count). The number of amides is 1. The Balaban J connectivity index is 2.21. The standard InChI is InChI=1S/C13H13F2NO5/c14-13(15)21-9-3-1-2-7(4-9)11(18)16-6-8(17)5-10(16)12(19)20/h1-4,8,10,13,17H,5-6H2,(H,19,20). The van der Waals surface area contributed by atoms with Gasteiger partial charge in [0.15, 0.2) is 0 Å². The van der Waals surface area contributed by atoms with Gasteiger partial charge in [0, 0.05) is 18.5 Å². The Morgan fingerprint density at radius 1 is 1.38 bits per heavy atom. The molecule has 1 amide bonds. The van der Waals surface area contributed by atoms with E-state index in [1.807, 2.05) is 0 Å². The van der Waals surface area contributed by atoms with Crippen LogP contribution in [0.4, 0.5) is 8.78 Å². The van der Waals surface area contributed by atoms with Crippen LogP contribution >= 0.6 is 0 Å². The highest BCUT2D eigenvalue weighted by atomic mass is 19.3. The van der Waals surface area contributed by atoms with Gasteiger partial charge in [0.25, 0.3) is 5.91 Å². The summed E-state index contributed by atoms with van der Waals surface area (Å²) in [6.45, 7) is -3.13. The molecule has 6 nitrogen and oxygen atoms in total. The first-order valence-corrected chi connectivity index (χ1v) is 6.15. The van der Waals surface area contributed by atoms with E-state index in [2.05, 4.69) is 4.74 Å². The fourth-order valence-electron chi connectivity index (χ4n) is 2.24. The van der Waals surface area contributed by atoms with Crippen LogP contribution in [0.15, 0.2) is 24.3 Å². The van der Waals surface area contributed by atoms with Gasteiger partial charge in [0.2, 0.25) is 0 Å². The number of alkyl halides is 2. The summed E-state index contributed by atoms with van der Waals surface area (Å²) < 4.78 is 28.5. The number of aliphatic hydroxyl groups is 1. The summed E-state index contributed by atoms with van der Waals surface area (Å²) in [6.07, 6.45) is -0.982. The van der Waals surface area contributed by atoms with Crippen molar-refractivity contribution < 1.29 is 33.3 Å². The van der Waals surface area contributed by atoms with E-state index in [4.69, 9.17) is 5.11 Å². The number of hydrogen-bond donors (Lipinski definition) is 2. The molecule has 0 aliphatic carbocycles. The van der Waals surface area contributed by atoms with Crippen LogP contribution in [0.2, 0.25) is 0 Å². The Labute approximate surface area is 118 Å². The minimum Gasteiger partial charge on any atom is -0.480 e. The van der Waals surface area contributed by atoms with E-state index < -0.39 is 30.6 Å². The number of aliphatic hydroxyl groups excluding tert-OH is 1. The van der Waals surface area contributed by atoms with Gasteiger partial charge in [-0.15, -0.1) is 0 Å². The summed E-state index contributed by atoms with van der Waals surface area (Å²) in [7, 11) is 0. The molecule has 21 heavy (non-hydrogen) atoms. The lowest BCUT2D eigenvalue weighted by Gasteiger charge is -2.21. The van der Waals surface area contributed by atoms with Crippen LogP contribution in [0.25, 0.3) is 0 Å². The minimum absolute atomic E-state index is 0.0218. The van der Waals surface area contributed by atoms with Crippen molar-refractivity contribution in [2.45, 2.75) is 25.2 Å². The lowest BCUT2D eigenvalue weighted by Crippen LogP contribution is -2.40. The average Bonchev–Trinajstić information content (AvgIpc) is 2.80. The van der Waals surface area contributed by atoms with E-state index in [1.165, 1.54) is 18.2 Å².